The lowest BCUT2D eigenvalue weighted by Crippen LogP contribution is -2.49. The number of carbonyl (C=O) groups excluding carboxylic acids is 2. The number of amides is 2. The molecule has 0 fully saturated rings. The summed E-state index contributed by atoms with van der Waals surface area (Å²) in [6, 6.07) is 12.2. The van der Waals surface area contributed by atoms with E-state index in [0.29, 0.717) is 16.6 Å². The molecule has 0 aromatic heterocycles. The van der Waals surface area contributed by atoms with Gasteiger partial charge in [-0.05, 0) is 56.2 Å². The number of nitrogens with one attached hydrogen (secondary N) is 1. The maximum absolute atomic E-state index is 13.1. The summed E-state index contributed by atoms with van der Waals surface area (Å²) < 4.78 is 0.954. The average molecular weight is 486 g/mol. The predicted molar refractivity (Wildman–Crippen MR) is 118 cm³/mol. The molecule has 0 aliphatic carbocycles. The summed E-state index contributed by atoms with van der Waals surface area (Å²) in [6.07, 6.45) is 0.132. The van der Waals surface area contributed by atoms with Crippen molar-refractivity contribution in [2.45, 2.75) is 45.8 Å². The molecule has 150 valence electrons. The van der Waals surface area contributed by atoms with Crippen molar-refractivity contribution in [1.82, 2.24) is 10.2 Å². The molecule has 28 heavy (non-hydrogen) atoms. The molecule has 0 spiro atoms. The van der Waals surface area contributed by atoms with Gasteiger partial charge in [-0.2, -0.15) is 0 Å². The summed E-state index contributed by atoms with van der Waals surface area (Å²) in [5, 5.41) is 3.71. The van der Waals surface area contributed by atoms with Gasteiger partial charge in [-0.1, -0.05) is 57.3 Å². The van der Waals surface area contributed by atoms with Gasteiger partial charge in [0.25, 0.3) is 0 Å². The van der Waals surface area contributed by atoms with Crippen LogP contribution in [-0.2, 0) is 22.6 Å². The Kier molecular flexibility index (Phi) is 8.35. The Hall–Kier alpha value is -1.56. The fourth-order valence-corrected chi connectivity index (χ4v) is 3.29. The van der Waals surface area contributed by atoms with Crippen LogP contribution in [0.3, 0.4) is 0 Å². The van der Waals surface area contributed by atoms with Crippen LogP contribution in [0.2, 0.25) is 10.0 Å². The highest BCUT2D eigenvalue weighted by atomic mass is 79.9. The summed E-state index contributed by atoms with van der Waals surface area (Å²) >= 11 is 15.4. The van der Waals surface area contributed by atoms with E-state index in [9.17, 15) is 9.59 Å². The Labute approximate surface area is 184 Å². The van der Waals surface area contributed by atoms with E-state index in [4.69, 9.17) is 23.2 Å². The van der Waals surface area contributed by atoms with Crippen LogP contribution in [0.25, 0.3) is 0 Å². The minimum absolute atomic E-state index is 0.00495. The van der Waals surface area contributed by atoms with Crippen molar-refractivity contribution in [2.24, 2.45) is 0 Å². The Morgan fingerprint density at radius 3 is 2.18 bits per heavy atom. The zero-order valence-electron chi connectivity index (χ0n) is 16.0. The second-order valence-corrected chi connectivity index (χ2v) is 8.64. The van der Waals surface area contributed by atoms with Gasteiger partial charge in [-0.25, -0.2) is 0 Å². The molecule has 0 aliphatic heterocycles. The van der Waals surface area contributed by atoms with Gasteiger partial charge in [-0.3, -0.25) is 9.59 Å². The van der Waals surface area contributed by atoms with Crippen molar-refractivity contribution < 1.29 is 9.59 Å². The first-order valence-corrected chi connectivity index (χ1v) is 10.5. The van der Waals surface area contributed by atoms with Crippen LogP contribution in [0.15, 0.2) is 46.9 Å². The maximum Gasteiger partial charge on any atom is 0.242 e. The van der Waals surface area contributed by atoms with Gasteiger partial charge in [0, 0.05) is 17.1 Å². The third-order valence-corrected chi connectivity index (χ3v) is 5.47. The fraction of sp³-hybridized carbons (Fsp3) is 0.333. The Balaban J connectivity index is 2.24. The molecule has 0 aliphatic rings. The second kappa shape index (κ2) is 10.3. The van der Waals surface area contributed by atoms with Crippen LogP contribution in [0.1, 0.15) is 31.9 Å². The Bertz CT molecular complexity index is 841. The van der Waals surface area contributed by atoms with E-state index in [1.54, 1.807) is 30.0 Å². The van der Waals surface area contributed by atoms with Crippen LogP contribution in [0, 0.1) is 0 Å². The third-order valence-electron chi connectivity index (χ3n) is 4.20. The van der Waals surface area contributed by atoms with E-state index in [1.165, 1.54) is 0 Å². The molecule has 7 heteroatoms. The second-order valence-electron chi connectivity index (χ2n) is 6.91. The van der Waals surface area contributed by atoms with Gasteiger partial charge in [0.2, 0.25) is 11.8 Å². The highest BCUT2D eigenvalue weighted by Gasteiger charge is 2.26. The Morgan fingerprint density at radius 2 is 1.61 bits per heavy atom. The quantitative estimate of drug-likeness (QED) is 0.582. The van der Waals surface area contributed by atoms with Crippen molar-refractivity contribution in [3.05, 3.63) is 68.1 Å². The summed E-state index contributed by atoms with van der Waals surface area (Å²) in [6.45, 7) is 5.85. The number of rotatable bonds is 7. The monoisotopic (exact) mass is 484 g/mol. The molecular weight excluding hydrogens is 463 g/mol. The molecule has 2 aromatic rings. The highest BCUT2D eigenvalue weighted by Crippen LogP contribution is 2.23. The number of halogens is 3. The van der Waals surface area contributed by atoms with Crippen molar-refractivity contribution in [3.63, 3.8) is 0 Å². The predicted octanol–water partition coefficient (Wildman–Crippen LogP) is 5.24. The molecule has 0 radical (unpaired) electrons. The molecule has 0 bridgehead atoms. The Morgan fingerprint density at radius 1 is 1.00 bits per heavy atom. The fourth-order valence-electron chi connectivity index (χ4n) is 2.70. The smallest absolute Gasteiger partial charge is 0.242 e. The first-order chi connectivity index (χ1) is 13.2. The highest BCUT2D eigenvalue weighted by molar-refractivity contribution is 9.10. The molecule has 4 nitrogen and oxygen atoms in total. The topological polar surface area (TPSA) is 49.4 Å². The number of nitrogens with zero attached hydrogens (tertiary/aromatic N) is 1. The summed E-state index contributed by atoms with van der Waals surface area (Å²) in [4.78, 5) is 27.2. The van der Waals surface area contributed by atoms with E-state index in [2.05, 4.69) is 21.2 Å². The number of carbonyl (C=O) groups is 2. The minimum atomic E-state index is -0.610. The number of hydrogen-bond donors (Lipinski definition) is 1. The summed E-state index contributed by atoms with van der Waals surface area (Å²) in [5.41, 5.74) is 1.69. The normalized spacial score (nSPS) is 12.0. The number of hydrogen-bond acceptors (Lipinski definition) is 2. The van der Waals surface area contributed by atoms with E-state index < -0.39 is 6.04 Å². The maximum atomic E-state index is 13.1. The van der Waals surface area contributed by atoms with Gasteiger partial charge in [0.15, 0.2) is 0 Å². The molecular formula is C21H23BrCl2N2O2. The SMILES string of the molecule is CC(C)NC(=O)[C@H](C)N(Cc1ccc(Br)cc1)C(=O)Cc1ccc(Cl)c(Cl)c1. The summed E-state index contributed by atoms with van der Waals surface area (Å²) in [5.74, 6) is -0.345. The van der Waals surface area contributed by atoms with Crippen LogP contribution in [0.5, 0.6) is 0 Å². The minimum Gasteiger partial charge on any atom is -0.352 e. The molecule has 1 atom stereocenters. The van der Waals surface area contributed by atoms with E-state index in [1.807, 2.05) is 38.1 Å². The first-order valence-electron chi connectivity index (χ1n) is 8.95. The lowest BCUT2D eigenvalue weighted by atomic mass is 10.1. The zero-order chi connectivity index (χ0) is 20.8. The van der Waals surface area contributed by atoms with Gasteiger partial charge in [-0.15, -0.1) is 0 Å². The van der Waals surface area contributed by atoms with Crippen molar-refractivity contribution in [3.8, 4) is 0 Å². The van der Waals surface area contributed by atoms with Crippen LogP contribution in [0.4, 0.5) is 0 Å². The van der Waals surface area contributed by atoms with Crippen molar-refractivity contribution >= 4 is 50.9 Å². The molecule has 2 amide bonds. The standard InChI is InChI=1S/C21H23BrCl2N2O2/c1-13(2)25-21(28)14(3)26(12-15-4-7-17(22)8-5-15)20(27)11-16-6-9-18(23)19(24)10-16/h4-10,13-14H,11-12H2,1-3H3,(H,25,28)/t14-/m0/s1. The van der Waals surface area contributed by atoms with Gasteiger partial charge >= 0.3 is 0 Å². The lowest BCUT2D eigenvalue weighted by molar-refractivity contribution is -0.140. The van der Waals surface area contributed by atoms with Gasteiger partial charge in [0.05, 0.1) is 16.5 Å². The van der Waals surface area contributed by atoms with Crippen molar-refractivity contribution in [1.29, 1.82) is 0 Å². The summed E-state index contributed by atoms with van der Waals surface area (Å²) in [7, 11) is 0. The van der Waals surface area contributed by atoms with Gasteiger partial charge in [0.1, 0.15) is 6.04 Å². The number of benzene rings is 2. The van der Waals surface area contributed by atoms with Crippen LogP contribution < -0.4 is 5.32 Å². The van der Waals surface area contributed by atoms with Crippen LogP contribution >= 0.6 is 39.1 Å². The van der Waals surface area contributed by atoms with E-state index >= 15 is 0 Å². The first kappa shape index (κ1) is 22.7. The van der Waals surface area contributed by atoms with Gasteiger partial charge < -0.3 is 10.2 Å². The largest absolute Gasteiger partial charge is 0.352 e. The molecule has 2 aromatic carbocycles. The van der Waals surface area contributed by atoms with E-state index in [-0.39, 0.29) is 24.3 Å². The molecule has 0 saturated carbocycles. The lowest BCUT2D eigenvalue weighted by Gasteiger charge is -2.29. The molecule has 1 N–H and O–H groups in total. The van der Waals surface area contributed by atoms with E-state index in [0.717, 1.165) is 15.6 Å². The zero-order valence-corrected chi connectivity index (χ0v) is 19.1. The van der Waals surface area contributed by atoms with Crippen molar-refractivity contribution in [2.75, 3.05) is 0 Å². The molecule has 0 heterocycles. The molecule has 0 unspecified atom stereocenters. The molecule has 0 saturated heterocycles. The average Bonchev–Trinajstić information content (AvgIpc) is 2.63. The molecule has 2 rings (SSSR count). The third kappa shape index (κ3) is 6.50. The van der Waals surface area contributed by atoms with Crippen LogP contribution in [-0.4, -0.2) is 28.8 Å².